The van der Waals surface area contributed by atoms with Crippen LogP contribution in [0.25, 0.3) is 10.9 Å². The number of halogens is 2. The Morgan fingerprint density at radius 3 is 2.44 bits per heavy atom. The second-order valence-corrected chi connectivity index (χ2v) is 11.7. The van der Waals surface area contributed by atoms with Gasteiger partial charge >= 0.3 is 6.09 Å². The fraction of sp³-hybridized carbons (Fsp3) is 0.235. The zero-order valence-electron chi connectivity index (χ0n) is 24.2. The Kier molecular flexibility index (Phi) is 9.53. The number of aliphatic hydroxyl groups is 2. The monoisotopic (exact) mass is 646 g/mol. The van der Waals surface area contributed by atoms with Gasteiger partial charge in [0.25, 0.3) is 0 Å². The molecule has 3 unspecified atom stereocenters. The molecule has 5 aromatic rings. The standard InChI is InChI=1S/C34H32Cl2N4O5/c35-23-3-8-27(9-4-23)45-34(43)40-17-13-28-29-19-24(36)5-10-30(29)39-31(28)32(40)21-1-6-26(7-2-21)44-18-14-25(41)20-38-33(42)22-11-15-37-16-12-22/h1-12,15-16,19,25,32-33,38-39,41-42H,13-14,17-18,20H2. The Morgan fingerprint density at radius 2 is 1.69 bits per heavy atom. The summed E-state index contributed by atoms with van der Waals surface area (Å²) in [5.41, 5.74) is 4.52. The molecule has 1 aliphatic rings. The molecule has 3 heterocycles. The Hall–Kier alpha value is -4.12. The number of H-pyrrole nitrogens is 1. The third-order valence-corrected chi connectivity index (χ3v) is 8.31. The van der Waals surface area contributed by atoms with Crippen LogP contribution in [-0.4, -0.2) is 57.0 Å². The molecule has 3 aromatic carbocycles. The van der Waals surface area contributed by atoms with E-state index in [2.05, 4.69) is 15.3 Å². The number of nitrogens with zero attached hydrogens (tertiary/aromatic N) is 2. The van der Waals surface area contributed by atoms with Gasteiger partial charge in [0.05, 0.1) is 12.7 Å². The van der Waals surface area contributed by atoms with Gasteiger partial charge in [-0.05, 0) is 89.8 Å². The minimum atomic E-state index is -0.895. The van der Waals surface area contributed by atoms with Crippen molar-refractivity contribution >= 4 is 40.2 Å². The van der Waals surface area contributed by atoms with Crippen LogP contribution in [0.3, 0.4) is 0 Å². The van der Waals surface area contributed by atoms with Crippen molar-refractivity contribution in [2.24, 2.45) is 0 Å². The summed E-state index contributed by atoms with van der Waals surface area (Å²) in [6, 6.07) is 23.0. The van der Waals surface area contributed by atoms with E-state index in [4.69, 9.17) is 32.7 Å². The summed E-state index contributed by atoms with van der Waals surface area (Å²) >= 11 is 12.3. The molecule has 0 spiro atoms. The molecular formula is C34H32Cl2N4O5. The van der Waals surface area contributed by atoms with Crippen molar-refractivity contribution in [3.8, 4) is 11.5 Å². The second-order valence-electron chi connectivity index (χ2n) is 10.8. The number of benzene rings is 3. The largest absolute Gasteiger partial charge is 0.493 e. The van der Waals surface area contributed by atoms with E-state index in [0.717, 1.165) is 27.7 Å². The van der Waals surface area contributed by atoms with Gasteiger partial charge in [-0.15, -0.1) is 0 Å². The minimum absolute atomic E-state index is 0.202. The van der Waals surface area contributed by atoms with E-state index in [-0.39, 0.29) is 13.2 Å². The average molecular weight is 648 g/mol. The minimum Gasteiger partial charge on any atom is -0.493 e. The lowest BCUT2D eigenvalue weighted by Crippen LogP contribution is -2.42. The molecule has 0 fully saturated rings. The summed E-state index contributed by atoms with van der Waals surface area (Å²) in [5.74, 6) is 1.04. The van der Waals surface area contributed by atoms with Gasteiger partial charge in [-0.1, -0.05) is 35.3 Å². The van der Waals surface area contributed by atoms with Gasteiger partial charge < -0.3 is 24.7 Å². The van der Waals surface area contributed by atoms with E-state index < -0.39 is 24.5 Å². The first-order chi connectivity index (χ1) is 21.9. The molecule has 9 nitrogen and oxygen atoms in total. The first kappa shape index (κ1) is 30.9. The fourth-order valence-corrected chi connectivity index (χ4v) is 5.84. The summed E-state index contributed by atoms with van der Waals surface area (Å²) in [4.78, 5) is 22.7. The first-order valence-electron chi connectivity index (χ1n) is 14.6. The van der Waals surface area contributed by atoms with E-state index in [1.54, 1.807) is 53.7 Å². The maximum Gasteiger partial charge on any atom is 0.416 e. The van der Waals surface area contributed by atoms with Gasteiger partial charge in [0.1, 0.15) is 23.8 Å². The zero-order chi connectivity index (χ0) is 31.3. The van der Waals surface area contributed by atoms with Crippen LogP contribution >= 0.6 is 23.2 Å². The molecule has 0 saturated carbocycles. The molecule has 0 bridgehead atoms. The zero-order valence-corrected chi connectivity index (χ0v) is 25.7. The molecular weight excluding hydrogens is 615 g/mol. The van der Waals surface area contributed by atoms with E-state index in [1.807, 2.05) is 42.5 Å². The summed E-state index contributed by atoms with van der Waals surface area (Å²) in [5, 5.41) is 25.8. The molecule has 3 atom stereocenters. The third kappa shape index (κ3) is 7.24. The molecule has 11 heteroatoms. The van der Waals surface area contributed by atoms with Crippen molar-refractivity contribution in [3.63, 3.8) is 0 Å². The van der Waals surface area contributed by atoms with E-state index >= 15 is 0 Å². The highest BCUT2D eigenvalue weighted by Crippen LogP contribution is 2.40. The lowest BCUT2D eigenvalue weighted by Gasteiger charge is -2.35. The van der Waals surface area contributed by atoms with Crippen molar-refractivity contribution < 1.29 is 24.5 Å². The molecule has 45 heavy (non-hydrogen) atoms. The number of ether oxygens (including phenoxy) is 2. The van der Waals surface area contributed by atoms with E-state index in [9.17, 15) is 15.0 Å². The predicted octanol–water partition coefficient (Wildman–Crippen LogP) is 6.43. The number of amides is 1. The van der Waals surface area contributed by atoms with Crippen LogP contribution in [0.4, 0.5) is 4.79 Å². The van der Waals surface area contributed by atoms with Crippen LogP contribution in [0.5, 0.6) is 11.5 Å². The molecule has 4 N–H and O–H groups in total. The lowest BCUT2D eigenvalue weighted by atomic mass is 9.92. The van der Waals surface area contributed by atoms with E-state index in [0.29, 0.717) is 46.5 Å². The van der Waals surface area contributed by atoms with Gasteiger partial charge in [0.15, 0.2) is 0 Å². The van der Waals surface area contributed by atoms with Crippen LogP contribution < -0.4 is 14.8 Å². The van der Waals surface area contributed by atoms with Crippen LogP contribution in [0.1, 0.15) is 41.1 Å². The Labute approximate surface area is 270 Å². The molecule has 0 aliphatic carbocycles. The number of hydrogen-bond acceptors (Lipinski definition) is 7. The number of aromatic amines is 1. The smallest absolute Gasteiger partial charge is 0.416 e. The third-order valence-electron chi connectivity index (χ3n) is 7.83. The van der Waals surface area contributed by atoms with Gasteiger partial charge in [0.2, 0.25) is 0 Å². The maximum absolute atomic E-state index is 13.5. The molecule has 0 saturated heterocycles. The van der Waals surface area contributed by atoms with Gasteiger partial charge in [-0.25, -0.2) is 4.79 Å². The van der Waals surface area contributed by atoms with Crippen molar-refractivity contribution in [2.75, 3.05) is 19.7 Å². The maximum atomic E-state index is 13.5. The molecule has 232 valence electrons. The Balaban J connectivity index is 1.15. The summed E-state index contributed by atoms with van der Waals surface area (Å²) < 4.78 is 11.7. The highest BCUT2D eigenvalue weighted by Gasteiger charge is 2.35. The number of hydrogen-bond donors (Lipinski definition) is 4. The quantitative estimate of drug-likeness (QED) is 0.129. The van der Waals surface area contributed by atoms with Crippen LogP contribution in [0, 0.1) is 0 Å². The Bertz CT molecular complexity index is 1750. The molecule has 2 aromatic heterocycles. The van der Waals surface area contributed by atoms with Crippen LogP contribution in [-0.2, 0) is 6.42 Å². The average Bonchev–Trinajstić information content (AvgIpc) is 3.43. The van der Waals surface area contributed by atoms with Gasteiger partial charge in [-0.3, -0.25) is 15.2 Å². The number of aromatic nitrogens is 2. The molecule has 6 rings (SSSR count). The number of aliphatic hydroxyl groups excluding tert-OH is 2. The highest BCUT2D eigenvalue weighted by atomic mass is 35.5. The van der Waals surface area contributed by atoms with Crippen LogP contribution in [0.2, 0.25) is 10.0 Å². The van der Waals surface area contributed by atoms with Gasteiger partial charge in [-0.2, -0.15) is 0 Å². The molecule has 0 radical (unpaired) electrons. The number of fused-ring (bicyclic) bond motifs is 3. The van der Waals surface area contributed by atoms with Crippen molar-refractivity contribution in [3.05, 3.63) is 124 Å². The van der Waals surface area contributed by atoms with E-state index in [1.165, 1.54) is 0 Å². The summed E-state index contributed by atoms with van der Waals surface area (Å²) in [6.07, 6.45) is 2.13. The molecule has 1 aliphatic heterocycles. The first-order valence-corrected chi connectivity index (χ1v) is 15.4. The number of carbonyl (C=O) groups is 1. The fourth-order valence-electron chi connectivity index (χ4n) is 5.54. The lowest BCUT2D eigenvalue weighted by molar-refractivity contribution is 0.0904. The summed E-state index contributed by atoms with van der Waals surface area (Å²) in [6.45, 7) is 0.931. The second kappa shape index (κ2) is 13.9. The van der Waals surface area contributed by atoms with Crippen molar-refractivity contribution in [1.82, 2.24) is 20.2 Å². The van der Waals surface area contributed by atoms with Crippen molar-refractivity contribution in [1.29, 1.82) is 0 Å². The normalized spacial score (nSPS) is 15.8. The van der Waals surface area contributed by atoms with Gasteiger partial charge in [0, 0.05) is 58.5 Å². The van der Waals surface area contributed by atoms with Crippen molar-refractivity contribution in [2.45, 2.75) is 31.2 Å². The van der Waals surface area contributed by atoms with Crippen LogP contribution in [0.15, 0.2) is 91.3 Å². The number of carbonyl (C=O) groups excluding carboxylic acids is 1. The summed E-state index contributed by atoms with van der Waals surface area (Å²) in [7, 11) is 0. The molecule has 1 amide bonds. The Morgan fingerprint density at radius 1 is 0.978 bits per heavy atom. The topological polar surface area (TPSA) is 120 Å². The highest BCUT2D eigenvalue weighted by molar-refractivity contribution is 6.31. The predicted molar refractivity (Wildman–Crippen MR) is 173 cm³/mol. The number of pyridine rings is 1. The number of rotatable bonds is 10. The number of nitrogens with one attached hydrogen (secondary N) is 2. The SMILES string of the molecule is O=C(Oc1ccc(Cl)cc1)N1CCc2c([nH]c3ccc(Cl)cc23)C1c1ccc(OCCC(O)CNC(O)c2ccncc2)cc1.